The number of piperidine rings is 1. The molecule has 1 aliphatic heterocycles. The lowest BCUT2D eigenvalue weighted by molar-refractivity contribution is 0.352. The van der Waals surface area contributed by atoms with Crippen LogP contribution in [0.4, 0.5) is 0 Å². The SMILES string of the molecule is [B]c1cc2c(s1)C1CCNCC1C2. The maximum atomic E-state index is 5.81. The summed E-state index contributed by atoms with van der Waals surface area (Å²) in [5, 5.41) is 3.47. The first kappa shape index (κ1) is 8.07. The number of fused-ring (bicyclic) bond motifs is 3. The average Bonchev–Trinajstić information content (AvgIpc) is 2.60. The lowest BCUT2D eigenvalue weighted by Crippen LogP contribution is -2.33. The van der Waals surface area contributed by atoms with Gasteiger partial charge in [0.2, 0.25) is 0 Å². The standard InChI is InChI=1S/C10H12BNS/c11-9-4-6-3-7-5-12-2-1-8(7)10(6)13-9/h4,7-8,12H,1-3,5H2. The van der Waals surface area contributed by atoms with Gasteiger partial charge in [0.25, 0.3) is 0 Å². The van der Waals surface area contributed by atoms with Crippen LogP contribution in [0, 0.1) is 5.92 Å². The van der Waals surface area contributed by atoms with Crippen molar-refractivity contribution >= 4 is 24.0 Å². The van der Waals surface area contributed by atoms with E-state index in [1.807, 2.05) is 11.3 Å². The summed E-state index contributed by atoms with van der Waals surface area (Å²) in [6.45, 7) is 2.38. The van der Waals surface area contributed by atoms with Crippen LogP contribution < -0.4 is 10.1 Å². The largest absolute Gasteiger partial charge is 0.316 e. The Morgan fingerprint density at radius 3 is 3.38 bits per heavy atom. The Balaban J connectivity index is 1.98. The van der Waals surface area contributed by atoms with Crippen molar-refractivity contribution in [1.82, 2.24) is 5.32 Å². The molecule has 0 bridgehead atoms. The van der Waals surface area contributed by atoms with E-state index in [2.05, 4.69) is 11.4 Å². The van der Waals surface area contributed by atoms with Gasteiger partial charge in [-0.1, -0.05) is 6.07 Å². The van der Waals surface area contributed by atoms with Crippen LogP contribution in [0.5, 0.6) is 0 Å². The summed E-state index contributed by atoms with van der Waals surface area (Å²) in [5.41, 5.74) is 1.53. The van der Waals surface area contributed by atoms with Gasteiger partial charge < -0.3 is 5.32 Å². The molecule has 3 heteroatoms. The number of hydrogen-bond donors (Lipinski definition) is 1. The van der Waals surface area contributed by atoms with Gasteiger partial charge in [0.15, 0.2) is 0 Å². The van der Waals surface area contributed by atoms with E-state index in [9.17, 15) is 0 Å². The molecule has 1 aliphatic carbocycles. The fourth-order valence-corrected chi connectivity index (χ4v) is 3.89. The molecular weight excluding hydrogens is 177 g/mol. The highest BCUT2D eigenvalue weighted by molar-refractivity contribution is 7.20. The van der Waals surface area contributed by atoms with Crippen LogP contribution in [0.25, 0.3) is 0 Å². The van der Waals surface area contributed by atoms with Crippen LogP contribution in [-0.2, 0) is 6.42 Å². The predicted octanol–water partition coefficient (Wildman–Crippen LogP) is 0.791. The average molecular weight is 189 g/mol. The summed E-state index contributed by atoms with van der Waals surface area (Å²) in [6, 6.07) is 2.18. The Labute approximate surface area is 84.0 Å². The van der Waals surface area contributed by atoms with Crippen molar-refractivity contribution in [1.29, 1.82) is 0 Å². The smallest absolute Gasteiger partial charge is 0.128 e. The number of rotatable bonds is 0. The molecule has 2 radical (unpaired) electrons. The summed E-state index contributed by atoms with van der Waals surface area (Å²) in [5.74, 6) is 1.68. The molecule has 2 heterocycles. The monoisotopic (exact) mass is 189 g/mol. The van der Waals surface area contributed by atoms with E-state index in [0.29, 0.717) is 0 Å². The molecular formula is C10H12BNS. The third kappa shape index (κ3) is 1.17. The molecule has 66 valence electrons. The van der Waals surface area contributed by atoms with Gasteiger partial charge in [0.05, 0.1) is 0 Å². The molecule has 0 spiro atoms. The van der Waals surface area contributed by atoms with Crippen LogP contribution >= 0.6 is 11.3 Å². The van der Waals surface area contributed by atoms with Crippen molar-refractivity contribution in [3.63, 3.8) is 0 Å². The first-order valence-electron chi connectivity index (χ1n) is 4.93. The van der Waals surface area contributed by atoms with Crippen molar-refractivity contribution < 1.29 is 0 Å². The zero-order valence-corrected chi connectivity index (χ0v) is 8.36. The molecule has 0 aromatic carbocycles. The minimum Gasteiger partial charge on any atom is -0.316 e. The summed E-state index contributed by atoms with van der Waals surface area (Å²) in [4.78, 5) is 1.59. The normalized spacial score (nSPS) is 31.4. The first-order valence-corrected chi connectivity index (χ1v) is 5.75. The molecule has 3 rings (SSSR count). The summed E-state index contributed by atoms with van der Waals surface area (Å²) in [6.07, 6.45) is 2.55. The summed E-state index contributed by atoms with van der Waals surface area (Å²) in [7, 11) is 5.81. The first-order chi connectivity index (χ1) is 6.34. The third-order valence-corrected chi connectivity index (χ3v) is 4.43. The highest BCUT2D eigenvalue weighted by Gasteiger charge is 2.35. The summed E-state index contributed by atoms with van der Waals surface area (Å²) < 4.78 is 1.00. The molecule has 1 N–H and O–H groups in total. The predicted molar refractivity (Wildman–Crippen MR) is 57.1 cm³/mol. The van der Waals surface area contributed by atoms with Gasteiger partial charge >= 0.3 is 0 Å². The van der Waals surface area contributed by atoms with Crippen LogP contribution in [0.2, 0.25) is 0 Å². The van der Waals surface area contributed by atoms with Gasteiger partial charge in [-0.25, -0.2) is 0 Å². The van der Waals surface area contributed by atoms with Crippen molar-refractivity contribution in [2.75, 3.05) is 13.1 Å². The van der Waals surface area contributed by atoms with Crippen molar-refractivity contribution in [3.8, 4) is 0 Å². The molecule has 13 heavy (non-hydrogen) atoms. The van der Waals surface area contributed by atoms with E-state index in [-0.39, 0.29) is 0 Å². The second kappa shape index (κ2) is 2.86. The van der Waals surface area contributed by atoms with Crippen LogP contribution in [-0.4, -0.2) is 20.9 Å². The maximum absolute atomic E-state index is 5.81. The Morgan fingerprint density at radius 2 is 2.46 bits per heavy atom. The molecule has 2 unspecified atom stereocenters. The van der Waals surface area contributed by atoms with Crippen LogP contribution in [0.1, 0.15) is 22.8 Å². The van der Waals surface area contributed by atoms with Gasteiger partial charge in [-0.15, -0.1) is 0 Å². The van der Waals surface area contributed by atoms with Gasteiger partial charge in [-0.05, 0) is 48.1 Å². The second-order valence-corrected chi connectivity index (χ2v) is 5.22. The van der Waals surface area contributed by atoms with E-state index >= 15 is 0 Å². The number of hydrogen-bond acceptors (Lipinski definition) is 2. The third-order valence-electron chi connectivity index (χ3n) is 3.29. The zero-order valence-electron chi connectivity index (χ0n) is 7.55. The fraction of sp³-hybridized carbons (Fsp3) is 0.600. The fourth-order valence-electron chi connectivity index (χ4n) is 2.70. The van der Waals surface area contributed by atoms with Gasteiger partial charge in [0, 0.05) is 4.88 Å². The molecule has 2 aliphatic rings. The minimum absolute atomic E-state index is 0.818. The minimum atomic E-state index is 0.818. The number of nitrogens with one attached hydrogen (secondary N) is 1. The Morgan fingerprint density at radius 1 is 1.54 bits per heavy atom. The van der Waals surface area contributed by atoms with E-state index in [1.54, 1.807) is 4.88 Å². The quantitative estimate of drug-likeness (QED) is 0.595. The van der Waals surface area contributed by atoms with Crippen molar-refractivity contribution in [3.05, 3.63) is 16.5 Å². The van der Waals surface area contributed by atoms with E-state index in [4.69, 9.17) is 7.85 Å². The molecule has 1 aromatic heterocycles. The van der Waals surface area contributed by atoms with E-state index < -0.39 is 0 Å². The molecule has 1 nitrogen and oxygen atoms in total. The van der Waals surface area contributed by atoms with Crippen LogP contribution in [0.15, 0.2) is 6.07 Å². The Hall–Kier alpha value is -0.275. The Kier molecular flexibility index (Phi) is 1.77. The molecule has 1 aromatic rings. The molecule has 0 amide bonds. The van der Waals surface area contributed by atoms with E-state index in [1.165, 1.54) is 31.5 Å². The zero-order chi connectivity index (χ0) is 8.84. The van der Waals surface area contributed by atoms with E-state index in [0.717, 1.165) is 16.6 Å². The van der Waals surface area contributed by atoms with Crippen molar-refractivity contribution in [2.45, 2.75) is 18.8 Å². The van der Waals surface area contributed by atoms with Crippen molar-refractivity contribution in [2.24, 2.45) is 5.92 Å². The topological polar surface area (TPSA) is 12.0 Å². The molecule has 1 saturated heterocycles. The Bertz CT molecular complexity index is 334. The lowest BCUT2D eigenvalue weighted by atomic mass is 9.90. The van der Waals surface area contributed by atoms with Gasteiger partial charge in [-0.2, -0.15) is 11.3 Å². The number of thiophene rings is 1. The molecule has 2 atom stereocenters. The van der Waals surface area contributed by atoms with Gasteiger partial charge in [-0.3, -0.25) is 0 Å². The molecule has 0 saturated carbocycles. The highest BCUT2D eigenvalue weighted by atomic mass is 32.1. The summed E-state index contributed by atoms with van der Waals surface area (Å²) >= 11 is 1.81. The van der Waals surface area contributed by atoms with Crippen LogP contribution in [0.3, 0.4) is 0 Å². The van der Waals surface area contributed by atoms with Gasteiger partial charge in [0.1, 0.15) is 7.85 Å². The highest BCUT2D eigenvalue weighted by Crippen LogP contribution is 2.43. The molecule has 1 fully saturated rings. The second-order valence-electron chi connectivity index (χ2n) is 4.10. The maximum Gasteiger partial charge on any atom is 0.128 e. The lowest BCUT2D eigenvalue weighted by Gasteiger charge is -2.26.